The molecule has 0 amide bonds. The summed E-state index contributed by atoms with van der Waals surface area (Å²) in [6.45, 7) is 9.73. The first kappa shape index (κ1) is 33.4. The molecular formula is C38H54N4S3. The van der Waals surface area contributed by atoms with Gasteiger partial charge in [0.05, 0.1) is 0 Å². The van der Waals surface area contributed by atoms with E-state index in [2.05, 4.69) is 94.9 Å². The smallest absolute Gasteiger partial charge is 0.0459 e. The van der Waals surface area contributed by atoms with Crippen molar-refractivity contribution < 1.29 is 0 Å². The topological polar surface area (TPSA) is 38.1 Å². The van der Waals surface area contributed by atoms with Crippen LogP contribution >= 0.6 is 37.0 Å². The average Bonchev–Trinajstić information content (AvgIpc) is 3.65. The summed E-state index contributed by atoms with van der Waals surface area (Å²) in [5, 5.41) is 3.06. The van der Waals surface area contributed by atoms with Crippen LogP contribution in [0.4, 0.5) is 0 Å². The number of nitrogens with zero attached hydrogens (tertiary/aromatic N) is 2. The van der Waals surface area contributed by atoms with Crippen LogP contribution in [0.3, 0.4) is 0 Å². The maximum absolute atomic E-state index is 3.49. The van der Waals surface area contributed by atoms with Crippen LogP contribution in [0.1, 0.15) is 73.6 Å². The van der Waals surface area contributed by atoms with E-state index >= 15 is 0 Å². The minimum absolute atomic E-state index is 0. The van der Waals surface area contributed by atoms with Crippen LogP contribution in [0, 0.1) is 11.8 Å². The molecule has 0 bridgehead atoms. The van der Waals surface area contributed by atoms with Crippen molar-refractivity contribution in [2.45, 2.75) is 76.3 Å². The number of aromatic amines is 2. The van der Waals surface area contributed by atoms with Crippen molar-refractivity contribution >= 4 is 58.8 Å². The number of fused-ring (bicyclic) bond motifs is 4. The van der Waals surface area contributed by atoms with Gasteiger partial charge in [-0.25, -0.2) is 0 Å². The Balaban J connectivity index is 0.000000155. The fourth-order valence-electron chi connectivity index (χ4n) is 9.60. The molecule has 0 radical (unpaired) electrons. The predicted molar refractivity (Wildman–Crippen MR) is 204 cm³/mol. The summed E-state index contributed by atoms with van der Waals surface area (Å²) in [7, 11) is 0. The molecule has 2 aromatic carbocycles. The van der Waals surface area contributed by atoms with E-state index in [1.54, 1.807) is 11.1 Å². The zero-order chi connectivity index (χ0) is 30.2. The van der Waals surface area contributed by atoms with Crippen molar-refractivity contribution in [1.82, 2.24) is 19.8 Å². The highest BCUT2D eigenvalue weighted by atomic mass is 32.2. The lowest BCUT2D eigenvalue weighted by atomic mass is 9.72. The molecule has 45 heavy (non-hydrogen) atoms. The highest BCUT2D eigenvalue weighted by Crippen LogP contribution is 2.46. The molecule has 0 unspecified atom stereocenters. The molecule has 4 nitrogen and oxygen atoms in total. The molecule has 6 atom stereocenters. The van der Waals surface area contributed by atoms with Gasteiger partial charge in [0.2, 0.25) is 0 Å². The Morgan fingerprint density at radius 2 is 1.13 bits per heavy atom. The van der Waals surface area contributed by atoms with Crippen LogP contribution in [0.2, 0.25) is 0 Å². The average molecular weight is 663 g/mol. The molecule has 7 heteroatoms. The van der Waals surface area contributed by atoms with Crippen LogP contribution in [0.25, 0.3) is 21.8 Å². The third-order valence-electron chi connectivity index (χ3n) is 11.1. The highest BCUT2D eigenvalue weighted by molar-refractivity contribution is 7.98. The predicted octanol–water partition coefficient (Wildman–Crippen LogP) is 8.66. The minimum Gasteiger partial charge on any atom is -0.361 e. The number of rotatable bonds is 8. The van der Waals surface area contributed by atoms with E-state index in [1.807, 2.05) is 23.5 Å². The molecule has 2 saturated heterocycles. The molecule has 2 aliphatic heterocycles. The number of likely N-dealkylation sites (tertiary alicyclic amines) is 2. The molecule has 0 saturated carbocycles. The van der Waals surface area contributed by atoms with Gasteiger partial charge in [0.25, 0.3) is 0 Å². The Morgan fingerprint density at radius 1 is 0.689 bits per heavy atom. The van der Waals surface area contributed by atoms with Gasteiger partial charge in [0.1, 0.15) is 0 Å². The van der Waals surface area contributed by atoms with Gasteiger partial charge >= 0.3 is 0 Å². The number of nitrogens with one attached hydrogen (secondary N) is 2. The summed E-state index contributed by atoms with van der Waals surface area (Å²) in [6, 6.07) is 15.2. The second kappa shape index (κ2) is 14.7. The lowest BCUT2D eigenvalue weighted by molar-refractivity contribution is 0.0926. The SMILES string of the molecule is CCCN1C[C@H](CSC)C[C@@H]2c3cccc4[nH]cc(c34)C[C@H]21.CCCN1C[C@H](CSC)C[C@@H]2c3cccc4[nH]cc(c34)C[C@H]21.S. The molecule has 4 aromatic rings. The van der Waals surface area contributed by atoms with Gasteiger partial charge in [-0.2, -0.15) is 37.0 Å². The molecule has 4 heterocycles. The number of thioether (sulfide) groups is 2. The second-order valence-electron chi connectivity index (χ2n) is 14.0. The van der Waals surface area contributed by atoms with Gasteiger partial charge in [0, 0.05) is 71.2 Å². The summed E-state index contributed by atoms with van der Waals surface area (Å²) >= 11 is 4.03. The van der Waals surface area contributed by atoms with Crippen molar-refractivity contribution in [2.75, 3.05) is 50.2 Å². The minimum atomic E-state index is 0. The zero-order valence-corrected chi connectivity index (χ0v) is 30.4. The maximum atomic E-state index is 3.49. The van der Waals surface area contributed by atoms with Crippen LogP contribution in [0.5, 0.6) is 0 Å². The molecule has 2 aliphatic carbocycles. The van der Waals surface area contributed by atoms with Crippen molar-refractivity contribution in [3.05, 3.63) is 71.0 Å². The second-order valence-corrected chi connectivity index (χ2v) is 15.8. The Kier molecular flexibility index (Phi) is 10.9. The van der Waals surface area contributed by atoms with E-state index in [4.69, 9.17) is 0 Å². The van der Waals surface area contributed by atoms with Gasteiger partial charge in [-0.1, -0.05) is 38.1 Å². The first-order valence-corrected chi connectivity index (χ1v) is 20.1. The summed E-state index contributed by atoms with van der Waals surface area (Å²) in [5.74, 6) is 5.75. The van der Waals surface area contributed by atoms with E-state index in [-0.39, 0.29) is 13.5 Å². The largest absolute Gasteiger partial charge is 0.361 e. The van der Waals surface area contributed by atoms with Crippen LogP contribution in [-0.4, -0.2) is 82.0 Å². The normalized spacial score (nSPS) is 27.4. The quantitative estimate of drug-likeness (QED) is 0.198. The number of benzene rings is 2. The van der Waals surface area contributed by atoms with E-state index in [0.717, 1.165) is 23.7 Å². The lowest BCUT2D eigenvalue weighted by Gasteiger charge is -2.47. The third kappa shape index (κ3) is 6.38. The summed E-state index contributed by atoms with van der Waals surface area (Å²) in [4.78, 5) is 12.6. The maximum Gasteiger partial charge on any atom is 0.0459 e. The fraction of sp³-hybridized carbons (Fsp3) is 0.579. The van der Waals surface area contributed by atoms with Crippen molar-refractivity contribution in [1.29, 1.82) is 0 Å². The number of aromatic nitrogens is 2. The van der Waals surface area contributed by atoms with E-state index in [9.17, 15) is 0 Å². The number of hydrogen-bond acceptors (Lipinski definition) is 4. The van der Waals surface area contributed by atoms with Crippen molar-refractivity contribution in [3.8, 4) is 0 Å². The number of hydrogen-bond donors (Lipinski definition) is 2. The summed E-state index contributed by atoms with van der Waals surface area (Å²) < 4.78 is 0. The highest BCUT2D eigenvalue weighted by Gasteiger charge is 2.41. The van der Waals surface area contributed by atoms with Gasteiger partial charge in [-0.3, -0.25) is 9.80 Å². The first-order chi connectivity index (χ1) is 21.6. The van der Waals surface area contributed by atoms with Crippen molar-refractivity contribution in [3.63, 3.8) is 0 Å². The summed E-state index contributed by atoms with van der Waals surface area (Å²) in [5.41, 5.74) is 8.96. The van der Waals surface area contributed by atoms with Gasteiger partial charge in [0.15, 0.2) is 0 Å². The van der Waals surface area contributed by atoms with Gasteiger partial charge in [-0.15, -0.1) is 0 Å². The van der Waals surface area contributed by atoms with E-state index in [1.165, 1.54) is 109 Å². The number of piperidine rings is 2. The monoisotopic (exact) mass is 662 g/mol. The Morgan fingerprint density at radius 3 is 1.53 bits per heavy atom. The van der Waals surface area contributed by atoms with Crippen molar-refractivity contribution in [2.24, 2.45) is 11.8 Å². The molecule has 0 spiro atoms. The Hall–Kier alpha value is -1.51. The zero-order valence-electron chi connectivity index (χ0n) is 27.8. The molecule has 8 rings (SSSR count). The van der Waals surface area contributed by atoms with Crippen LogP contribution in [-0.2, 0) is 12.8 Å². The molecule has 2 aromatic heterocycles. The molecule has 2 N–H and O–H groups in total. The molecule has 4 aliphatic rings. The van der Waals surface area contributed by atoms with E-state index < -0.39 is 0 Å². The first-order valence-electron chi connectivity index (χ1n) is 17.3. The fourth-order valence-corrected chi connectivity index (χ4v) is 11.0. The Bertz CT molecular complexity index is 1450. The Labute approximate surface area is 286 Å². The van der Waals surface area contributed by atoms with Crippen LogP contribution < -0.4 is 0 Å². The standard InChI is InChI=1S/2C19H26N2S.H2S/c2*1-3-7-21-11-13(12-22-2)8-16-15-5-4-6-17-19(15)14(10-20-17)9-18(16)21;/h2*4-6,10,13,16,18,20H,3,7-9,11-12H2,1-2H3;1H2/t2*13-,16-,18-;/m11./s1. The van der Waals surface area contributed by atoms with Gasteiger partial charge < -0.3 is 9.97 Å². The van der Waals surface area contributed by atoms with Crippen LogP contribution in [0.15, 0.2) is 48.8 Å². The molecule has 2 fully saturated rings. The third-order valence-corrected chi connectivity index (χ3v) is 12.8. The van der Waals surface area contributed by atoms with E-state index in [0.29, 0.717) is 12.1 Å². The summed E-state index contributed by atoms with van der Waals surface area (Å²) in [6.07, 6.45) is 16.7. The molecule has 244 valence electrons. The van der Waals surface area contributed by atoms with Gasteiger partial charge in [-0.05, 0) is 122 Å². The molecular weight excluding hydrogens is 609 g/mol. The lowest BCUT2D eigenvalue weighted by Crippen LogP contribution is -2.50. The number of H-pyrrole nitrogens is 2.